The van der Waals surface area contributed by atoms with E-state index in [1.54, 1.807) is 0 Å². The molecule has 0 spiro atoms. The van der Waals surface area contributed by atoms with E-state index in [0.717, 1.165) is 38.5 Å². The largest absolute Gasteiger partial charge is 0.395 e. The topological polar surface area (TPSA) is 105 Å². The molecule has 2 atom stereocenters. The fourth-order valence-corrected chi connectivity index (χ4v) is 4.70. The average Bonchev–Trinajstić information content (AvgIpc) is 3.06. The summed E-state index contributed by atoms with van der Waals surface area (Å²) in [5.74, 6) is -0.201. The number of halogens is 1. The monoisotopic (exact) mass is 366 g/mol. The van der Waals surface area contributed by atoms with Crippen molar-refractivity contribution in [2.45, 2.75) is 62.7 Å². The molecule has 0 aromatic heterocycles. The second-order valence-corrected chi connectivity index (χ2v) is 7.92. The molecule has 1 saturated heterocycles. The van der Waals surface area contributed by atoms with E-state index in [4.69, 9.17) is 10.4 Å². The smallest absolute Gasteiger partial charge is 0.237 e. The maximum Gasteiger partial charge on any atom is 0.237 e. The highest BCUT2D eigenvalue weighted by Crippen LogP contribution is 2.52. The van der Waals surface area contributed by atoms with Gasteiger partial charge in [0.05, 0.1) is 25.8 Å². The van der Waals surface area contributed by atoms with E-state index in [0.29, 0.717) is 0 Å². The molecule has 2 bridgehead atoms. The number of carbonyl (C=O) groups is 2. The Kier molecular flexibility index (Phi) is 5.49. The number of aliphatic hydroxyl groups excluding tert-OH is 1. The molecule has 4 rings (SSSR count). The Balaban J connectivity index is 1.53. The molecular weight excluding hydrogens is 339 g/mol. The molecule has 144 valence electrons. The fourth-order valence-electron chi connectivity index (χ4n) is 4.70. The summed E-state index contributed by atoms with van der Waals surface area (Å²) in [6, 6.07) is 1.33. The molecule has 2 unspecified atom stereocenters. The normalized spacial score (nSPS) is 36.0. The van der Waals surface area contributed by atoms with Crippen molar-refractivity contribution in [1.29, 1.82) is 5.26 Å². The van der Waals surface area contributed by atoms with Crippen LogP contribution in [0.3, 0.4) is 0 Å². The lowest BCUT2D eigenvalue weighted by Crippen LogP contribution is -2.60. The van der Waals surface area contributed by atoms with Crippen molar-refractivity contribution in [2.24, 2.45) is 5.41 Å². The Morgan fingerprint density at radius 3 is 2.46 bits per heavy atom. The molecule has 3 saturated carbocycles. The van der Waals surface area contributed by atoms with E-state index in [1.807, 2.05) is 6.07 Å². The first-order valence-corrected chi connectivity index (χ1v) is 9.41. The average molecular weight is 366 g/mol. The number of nitriles is 1. The standard InChI is InChI=1S/C18H27FN4O3/c19-13-9-14(10-20)23(12-13)15(25)11-22-18-4-1-17(2-5-18,3-6-18)16(26)21-7-8-24/h13-14,22,24H,1-9,11-12H2,(H,21,26). The van der Waals surface area contributed by atoms with Crippen LogP contribution in [0.15, 0.2) is 0 Å². The molecule has 0 aromatic rings. The van der Waals surface area contributed by atoms with Crippen LogP contribution in [0.5, 0.6) is 0 Å². The van der Waals surface area contributed by atoms with Crippen LogP contribution in [0.1, 0.15) is 44.9 Å². The third-order valence-corrected chi connectivity index (χ3v) is 6.46. The van der Waals surface area contributed by atoms with Crippen molar-refractivity contribution < 1.29 is 19.1 Å². The second kappa shape index (κ2) is 7.49. The summed E-state index contributed by atoms with van der Waals surface area (Å²) in [4.78, 5) is 26.2. The van der Waals surface area contributed by atoms with Crippen LogP contribution in [0.2, 0.25) is 0 Å². The van der Waals surface area contributed by atoms with Gasteiger partial charge in [0.15, 0.2) is 0 Å². The lowest BCUT2D eigenvalue weighted by atomic mass is 9.57. The van der Waals surface area contributed by atoms with Gasteiger partial charge in [0.1, 0.15) is 12.2 Å². The van der Waals surface area contributed by atoms with Crippen molar-refractivity contribution >= 4 is 11.8 Å². The number of aliphatic hydroxyl groups is 1. The van der Waals surface area contributed by atoms with Crippen LogP contribution < -0.4 is 10.6 Å². The van der Waals surface area contributed by atoms with E-state index in [2.05, 4.69) is 10.6 Å². The van der Waals surface area contributed by atoms with E-state index in [9.17, 15) is 14.0 Å². The molecule has 0 radical (unpaired) electrons. The summed E-state index contributed by atoms with van der Waals surface area (Å²) in [5.41, 5.74) is -0.490. The van der Waals surface area contributed by atoms with E-state index < -0.39 is 12.2 Å². The first kappa shape index (κ1) is 19.1. The maximum absolute atomic E-state index is 13.5. The van der Waals surface area contributed by atoms with Gasteiger partial charge < -0.3 is 20.6 Å². The number of nitrogens with one attached hydrogen (secondary N) is 2. The van der Waals surface area contributed by atoms with E-state index in [1.165, 1.54) is 4.90 Å². The number of hydrogen-bond acceptors (Lipinski definition) is 5. The summed E-state index contributed by atoms with van der Waals surface area (Å²) in [7, 11) is 0. The molecule has 3 aliphatic carbocycles. The van der Waals surface area contributed by atoms with Gasteiger partial charge in [-0.2, -0.15) is 5.26 Å². The fraction of sp³-hybridized carbons (Fsp3) is 0.833. The van der Waals surface area contributed by atoms with Gasteiger partial charge >= 0.3 is 0 Å². The van der Waals surface area contributed by atoms with Gasteiger partial charge in [0.25, 0.3) is 0 Å². The van der Waals surface area contributed by atoms with Crippen LogP contribution >= 0.6 is 0 Å². The van der Waals surface area contributed by atoms with Gasteiger partial charge in [-0.25, -0.2) is 4.39 Å². The zero-order chi connectivity index (χ0) is 18.8. The lowest BCUT2D eigenvalue weighted by Gasteiger charge is -2.52. The van der Waals surface area contributed by atoms with Gasteiger partial charge in [-0.1, -0.05) is 0 Å². The SMILES string of the molecule is N#CC1CC(F)CN1C(=O)CNC12CCC(C(=O)NCCO)(CC1)CC2. The molecule has 0 aromatic carbocycles. The number of hydrogen-bond donors (Lipinski definition) is 3. The van der Waals surface area contributed by atoms with Crippen molar-refractivity contribution in [3.05, 3.63) is 0 Å². The summed E-state index contributed by atoms with van der Waals surface area (Å²) in [5, 5.41) is 24.1. The van der Waals surface area contributed by atoms with E-state index >= 15 is 0 Å². The van der Waals surface area contributed by atoms with Gasteiger partial charge in [0.2, 0.25) is 11.8 Å². The van der Waals surface area contributed by atoms with Gasteiger partial charge in [-0.15, -0.1) is 0 Å². The molecule has 4 aliphatic rings. The third-order valence-electron chi connectivity index (χ3n) is 6.46. The Labute approximate surface area is 152 Å². The molecule has 26 heavy (non-hydrogen) atoms. The van der Waals surface area contributed by atoms with Gasteiger partial charge in [-0.05, 0) is 38.5 Å². The highest BCUT2D eigenvalue weighted by molar-refractivity contribution is 5.83. The van der Waals surface area contributed by atoms with E-state index in [-0.39, 0.29) is 55.4 Å². The van der Waals surface area contributed by atoms with Crippen LogP contribution in [0.4, 0.5) is 4.39 Å². The number of likely N-dealkylation sites (tertiary alicyclic amines) is 1. The van der Waals surface area contributed by atoms with Crippen molar-refractivity contribution in [3.8, 4) is 6.07 Å². The van der Waals surface area contributed by atoms with Crippen LogP contribution in [-0.2, 0) is 9.59 Å². The molecule has 4 fully saturated rings. The molecule has 2 amide bonds. The number of carbonyl (C=O) groups excluding carboxylic acids is 2. The summed E-state index contributed by atoms with van der Waals surface area (Å²) >= 11 is 0. The first-order valence-electron chi connectivity index (χ1n) is 9.41. The van der Waals surface area contributed by atoms with Gasteiger partial charge in [-0.3, -0.25) is 9.59 Å². The summed E-state index contributed by atoms with van der Waals surface area (Å²) in [6.45, 7) is 0.327. The second-order valence-electron chi connectivity index (χ2n) is 7.92. The number of fused-ring (bicyclic) bond motifs is 3. The molecule has 3 N–H and O–H groups in total. The van der Waals surface area contributed by atoms with Crippen molar-refractivity contribution in [3.63, 3.8) is 0 Å². The van der Waals surface area contributed by atoms with Gasteiger partial charge in [0, 0.05) is 23.9 Å². The minimum Gasteiger partial charge on any atom is -0.395 e. The van der Waals surface area contributed by atoms with Crippen molar-refractivity contribution in [1.82, 2.24) is 15.5 Å². The molecule has 1 aliphatic heterocycles. The Bertz CT molecular complexity index is 581. The first-order chi connectivity index (χ1) is 12.4. The minimum atomic E-state index is -1.12. The minimum absolute atomic E-state index is 0.000120. The Hall–Kier alpha value is -1.72. The maximum atomic E-state index is 13.5. The highest BCUT2D eigenvalue weighted by atomic mass is 19.1. The zero-order valence-electron chi connectivity index (χ0n) is 15.0. The van der Waals surface area contributed by atoms with Crippen LogP contribution in [0.25, 0.3) is 0 Å². The summed E-state index contributed by atoms with van der Waals surface area (Å²) in [6.07, 6.45) is 3.73. The zero-order valence-corrected chi connectivity index (χ0v) is 15.0. The Morgan fingerprint density at radius 1 is 1.23 bits per heavy atom. The molecule has 1 heterocycles. The predicted molar refractivity (Wildman–Crippen MR) is 91.6 cm³/mol. The number of nitrogens with zero attached hydrogens (tertiary/aromatic N) is 2. The van der Waals surface area contributed by atoms with Crippen LogP contribution in [0, 0.1) is 16.7 Å². The highest BCUT2D eigenvalue weighted by Gasteiger charge is 2.52. The van der Waals surface area contributed by atoms with Crippen LogP contribution in [-0.4, -0.2) is 65.8 Å². The van der Waals surface area contributed by atoms with Crippen molar-refractivity contribution in [2.75, 3.05) is 26.2 Å². The predicted octanol–water partition coefficient (Wildman–Crippen LogP) is 0.240. The summed E-state index contributed by atoms with van der Waals surface area (Å²) < 4.78 is 13.5. The quantitative estimate of drug-likeness (QED) is 0.625. The Morgan fingerprint density at radius 2 is 1.88 bits per heavy atom. The lowest BCUT2D eigenvalue weighted by molar-refractivity contribution is -0.139. The molecule has 7 nitrogen and oxygen atoms in total. The third kappa shape index (κ3) is 3.55. The molecular formula is C18H27FN4O3. The number of amides is 2. The number of alkyl halides is 1. The number of rotatable bonds is 6. The molecule has 8 heteroatoms.